The first-order chi connectivity index (χ1) is 35.8. The first-order valence-corrected chi connectivity index (χ1v) is 25.1. The van der Waals surface area contributed by atoms with Crippen LogP contribution in [0.1, 0.15) is 0 Å². The number of rotatable bonds is 7. The van der Waals surface area contributed by atoms with E-state index in [0.29, 0.717) is 0 Å². The highest BCUT2D eigenvalue weighted by Gasteiger charge is 2.35. The van der Waals surface area contributed by atoms with Crippen molar-refractivity contribution >= 4 is 32.3 Å². The molecule has 0 atom stereocenters. The van der Waals surface area contributed by atoms with Crippen LogP contribution in [0.15, 0.2) is 267 Å². The molecular formula is C72H44. The average Bonchev–Trinajstić information content (AvgIpc) is 3.97. The van der Waals surface area contributed by atoms with Crippen LogP contribution in [0.3, 0.4) is 0 Å². The Morgan fingerprint density at radius 3 is 0.931 bits per heavy atom. The summed E-state index contributed by atoms with van der Waals surface area (Å²) >= 11 is 0. The molecule has 0 radical (unpaired) electrons. The van der Waals surface area contributed by atoms with Crippen LogP contribution in [0.2, 0.25) is 0 Å². The summed E-state index contributed by atoms with van der Waals surface area (Å²) in [6.45, 7) is 0. The van der Waals surface area contributed by atoms with E-state index in [-0.39, 0.29) is 0 Å². The highest BCUT2D eigenvalue weighted by molar-refractivity contribution is 6.30. The van der Waals surface area contributed by atoms with Crippen molar-refractivity contribution < 1.29 is 0 Å². The zero-order chi connectivity index (χ0) is 47.3. The lowest BCUT2D eigenvalue weighted by Crippen LogP contribution is -1.99. The third-order valence-corrected chi connectivity index (χ3v) is 15.5. The molecule has 0 unspecified atom stereocenters. The molecule has 0 saturated carbocycles. The summed E-state index contributed by atoms with van der Waals surface area (Å²) in [5.41, 5.74) is 27.7. The fourth-order valence-corrected chi connectivity index (χ4v) is 12.7. The van der Waals surface area contributed by atoms with Crippen molar-refractivity contribution in [3.63, 3.8) is 0 Å². The summed E-state index contributed by atoms with van der Waals surface area (Å²) in [4.78, 5) is 0. The number of fused-ring (bicyclic) bond motifs is 7. The standard InChI is InChI=1S/C72H44/c1-7-22-46(23-8-1)62-55-41-40-52(44-60(55)63(47-24-9-2-10-25-47)70-57-38-20-35-45-34-19-37-56(61(45)57)69(62)70)53-42-43-59-68-54(53)36-21-39-58(68)71-66(50-30-15-5-16-31-50)64(48-26-11-3-12-27-48)65(49-28-13-4-14-29-49)67(72(59)71)51-32-17-6-18-33-51/h1-44H. The smallest absolute Gasteiger partial charge is 0.000718 e. The van der Waals surface area contributed by atoms with Crippen LogP contribution in [0.5, 0.6) is 0 Å². The van der Waals surface area contributed by atoms with E-state index in [1.807, 2.05) is 0 Å². The van der Waals surface area contributed by atoms with Crippen molar-refractivity contribution in [3.05, 3.63) is 267 Å². The monoisotopic (exact) mass is 908 g/mol. The van der Waals surface area contributed by atoms with Crippen molar-refractivity contribution in [3.8, 4) is 122 Å². The maximum absolute atomic E-state index is 2.51. The van der Waals surface area contributed by atoms with Gasteiger partial charge in [0, 0.05) is 0 Å². The second-order valence-corrected chi connectivity index (χ2v) is 19.3. The van der Waals surface area contributed by atoms with Gasteiger partial charge in [0.15, 0.2) is 0 Å². The first-order valence-electron chi connectivity index (χ1n) is 25.1. The van der Waals surface area contributed by atoms with Crippen LogP contribution in [-0.4, -0.2) is 0 Å². The Hall–Kier alpha value is -9.36. The molecule has 13 aromatic carbocycles. The molecule has 332 valence electrons. The molecule has 0 aromatic heterocycles. The Kier molecular flexibility index (Phi) is 9.06. The van der Waals surface area contributed by atoms with Gasteiger partial charge in [-0.3, -0.25) is 0 Å². The van der Waals surface area contributed by atoms with E-state index < -0.39 is 0 Å². The van der Waals surface area contributed by atoms with Gasteiger partial charge < -0.3 is 0 Å². The van der Waals surface area contributed by atoms with Crippen molar-refractivity contribution in [2.24, 2.45) is 0 Å². The quantitative estimate of drug-likeness (QED) is 0.149. The van der Waals surface area contributed by atoms with Gasteiger partial charge >= 0.3 is 0 Å². The zero-order valence-electron chi connectivity index (χ0n) is 39.4. The maximum Gasteiger partial charge on any atom is -0.000718 e. The Labute approximate surface area is 419 Å². The minimum absolute atomic E-state index is 1.20. The fraction of sp³-hybridized carbons (Fsp3) is 0. The van der Waals surface area contributed by atoms with Gasteiger partial charge in [0.25, 0.3) is 0 Å². The SMILES string of the molecule is c1ccc(-c2c(-c3ccccc3)c(-c3ccccc3)c3c(c2-c2ccccc2)-c2cccc4c(-c5ccc6c(-c7ccccc7)c7c(c(-c8ccccc8)c6c5)-c5cccc6cccc-7c56)ccc-3c24)cc1. The topological polar surface area (TPSA) is 0 Å². The highest BCUT2D eigenvalue weighted by Crippen LogP contribution is 2.62. The predicted octanol–water partition coefficient (Wildman–Crippen LogP) is 20.1. The number of hydrogen-bond acceptors (Lipinski definition) is 0. The Bertz CT molecular complexity index is 4190. The van der Waals surface area contributed by atoms with Gasteiger partial charge in [-0.1, -0.05) is 261 Å². The molecule has 2 aliphatic carbocycles. The van der Waals surface area contributed by atoms with E-state index in [4.69, 9.17) is 0 Å². The summed E-state index contributed by atoms with van der Waals surface area (Å²) in [5, 5.41) is 7.67. The van der Waals surface area contributed by atoms with E-state index in [1.165, 1.54) is 155 Å². The third kappa shape index (κ3) is 5.93. The van der Waals surface area contributed by atoms with Gasteiger partial charge in [-0.25, -0.2) is 0 Å². The van der Waals surface area contributed by atoms with Gasteiger partial charge in [0.2, 0.25) is 0 Å². The molecule has 0 heteroatoms. The molecule has 0 fully saturated rings. The number of benzene rings is 13. The molecule has 72 heavy (non-hydrogen) atoms. The zero-order valence-corrected chi connectivity index (χ0v) is 39.4. The molecule has 0 heterocycles. The van der Waals surface area contributed by atoms with Crippen LogP contribution in [0.25, 0.3) is 155 Å². The van der Waals surface area contributed by atoms with Crippen LogP contribution >= 0.6 is 0 Å². The van der Waals surface area contributed by atoms with Crippen molar-refractivity contribution in [1.82, 2.24) is 0 Å². The van der Waals surface area contributed by atoms with E-state index in [1.54, 1.807) is 0 Å². The molecule has 13 aromatic rings. The Morgan fingerprint density at radius 2 is 0.486 bits per heavy atom. The van der Waals surface area contributed by atoms with E-state index >= 15 is 0 Å². The summed E-state index contributed by atoms with van der Waals surface area (Å²) in [7, 11) is 0. The predicted molar refractivity (Wildman–Crippen MR) is 306 cm³/mol. The van der Waals surface area contributed by atoms with Crippen LogP contribution in [-0.2, 0) is 0 Å². The largest absolute Gasteiger partial charge is 0.0622 e. The van der Waals surface area contributed by atoms with Crippen LogP contribution < -0.4 is 0 Å². The molecule has 0 amide bonds. The molecule has 0 nitrogen and oxygen atoms in total. The molecule has 2 aliphatic rings. The molecule has 0 saturated heterocycles. The van der Waals surface area contributed by atoms with Crippen LogP contribution in [0.4, 0.5) is 0 Å². The molecule has 15 rings (SSSR count). The number of hydrogen-bond donors (Lipinski definition) is 0. The van der Waals surface area contributed by atoms with Gasteiger partial charge in [-0.2, -0.15) is 0 Å². The van der Waals surface area contributed by atoms with Gasteiger partial charge in [0.05, 0.1) is 0 Å². The maximum atomic E-state index is 2.51. The molecular weight excluding hydrogens is 865 g/mol. The average molecular weight is 909 g/mol. The molecule has 0 aliphatic heterocycles. The minimum atomic E-state index is 1.20. The minimum Gasteiger partial charge on any atom is -0.0622 e. The molecule has 0 spiro atoms. The first kappa shape index (κ1) is 40.5. The summed E-state index contributed by atoms with van der Waals surface area (Å²) in [6.07, 6.45) is 0. The Morgan fingerprint density at radius 1 is 0.153 bits per heavy atom. The van der Waals surface area contributed by atoms with Gasteiger partial charge in [-0.15, -0.1) is 0 Å². The summed E-state index contributed by atoms with van der Waals surface area (Å²) < 4.78 is 0. The van der Waals surface area contributed by atoms with Crippen LogP contribution in [0, 0.1) is 0 Å². The summed E-state index contributed by atoms with van der Waals surface area (Å²) in [5.74, 6) is 0. The molecule has 0 N–H and O–H groups in total. The van der Waals surface area contributed by atoms with Gasteiger partial charge in [-0.05, 0) is 161 Å². The third-order valence-electron chi connectivity index (χ3n) is 15.5. The van der Waals surface area contributed by atoms with E-state index in [9.17, 15) is 0 Å². The normalized spacial score (nSPS) is 11.9. The summed E-state index contributed by atoms with van der Waals surface area (Å²) in [6, 6.07) is 99.3. The second-order valence-electron chi connectivity index (χ2n) is 19.3. The fourth-order valence-electron chi connectivity index (χ4n) is 12.7. The lowest BCUT2D eigenvalue weighted by Gasteiger charge is -2.26. The van der Waals surface area contributed by atoms with Crippen molar-refractivity contribution in [2.45, 2.75) is 0 Å². The van der Waals surface area contributed by atoms with Crippen molar-refractivity contribution in [1.29, 1.82) is 0 Å². The van der Waals surface area contributed by atoms with E-state index in [0.717, 1.165) is 0 Å². The molecule has 0 bridgehead atoms. The van der Waals surface area contributed by atoms with Crippen molar-refractivity contribution in [2.75, 3.05) is 0 Å². The van der Waals surface area contributed by atoms with E-state index in [2.05, 4.69) is 267 Å². The highest BCUT2D eigenvalue weighted by atomic mass is 14.4. The second kappa shape index (κ2) is 16.1. The lowest BCUT2D eigenvalue weighted by molar-refractivity contribution is 1.54. The lowest BCUT2D eigenvalue weighted by atomic mass is 9.76. The van der Waals surface area contributed by atoms with Gasteiger partial charge in [0.1, 0.15) is 0 Å². The Balaban J connectivity index is 1.06.